The van der Waals surface area contributed by atoms with Crippen LogP contribution in [0.15, 0.2) is 29.2 Å². The summed E-state index contributed by atoms with van der Waals surface area (Å²) in [4.78, 5) is 29.7. The maximum absolute atomic E-state index is 13.0. The molecule has 1 aliphatic heterocycles. The predicted molar refractivity (Wildman–Crippen MR) is 117 cm³/mol. The van der Waals surface area contributed by atoms with Crippen molar-refractivity contribution in [2.24, 2.45) is 0 Å². The summed E-state index contributed by atoms with van der Waals surface area (Å²) in [6, 6.07) is 6.89. The van der Waals surface area contributed by atoms with E-state index in [0.717, 1.165) is 12.8 Å². The van der Waals surface area contributed by atoms with Crippen LogP contribution in [0, 0.1) is 13.8 Å². The lowest BCUT2D eigenvalue weighted by atomic mass is 10.2. The van der Waals surface area contributed by atoms with Gasteiger partial charge < -0.3 is 19.9 Å². The van der Waals surface area contributed by atoms with E-state index >= 15 is 0 Å². The molecule has 2 heterocycles. The van der Waals surface area contributed by atoms with Gasteiger partial charge in [0.15, 0.2) is 0 Å². The lowest BCUT2D eigenvalue weighted by Crippen LogP contribution is -2.32. The molecule has 0 spiro atoms. The Morgan fingerprint density at radius 2 is 1.87 bits per heavy atom. The molecule has 1 aromatic heterocycles. The van der Waals surface area contributed by atoms with E-state index in [-0.39, 0.29) is 35.2 Å². The van der Waals surface area contributed by atoms with E-state index in [4.69, 9.17) is 4.74 Å². The maximum Gasteiger partial charge on any atom is 0.257 e. The number of sulfonamides is 1. The molecule has 0 bridgehead atoms. The first-order valence-electron chi connectivity index (χ1n) is 10.1. The smallest absolute Gasteiger partial charge is 0.257 e. The standard InChI is InChI=1S/C21H28N4O5S/c1-14-19(21(27)25-11-4-5-12-25)20(15(2)23-14)31(28,29)22-10-9-18(26)24-16-7-6-8-17(13-16)30-3/h6-8,13,22-23H,4-5,9-12H2,1-3H3,(H,24,26). The number of aromatic nitrogens is 1. The molecule has 2 aromatic rings. The van der Waals surface area contributed by atoms with E-state index in [0.29, 0.717) is 35.9 Å². The van der Waals surface area contributed by atoms with E-state index in [1.54, 1.807) is 43.0 Å². The molecule has 31 heavy (non-hydrogen) atoms. The second-order valence-electron chi connectivity index (χ2n) is 7.51. The average molecular weight is 449 g/mol. The largest absolute Gasteiger partial charge is 0.497 e. The van der Waals surface area contributed by atoms with Crippen LogP contribution >= 0.6 is 0 Å². The fraction of sp³-hybridized carbons (Fsp3) is 0.429. The fourth-order valence-corrected chi connectivity index (χ4v) is 5.20. The number of carbonyl (C=O) groups excluding carboxylic acids is 2. The number of H-pyrrole nitrogens is 1. The number of hydrogen-bond donors (Lipinski definition) is 3. The van der Waals surface area contributed by atoms with Crippen LogP contribution in [0.1, 0.15) is 41.0 Å². The number of carbonyl (C=O) groups is 2. The van der Waals surface area contributed by atoms with Gasteiger partial charge in [-0.1, -0.05) is 6.07 Å². The van der Waals surface area contributed by atoms with Gasteiger partial charge in [0, 0.05) is 49.2 Å². The van der Waals surface area contributed by atoms with E-state index in [1.807, 2.05) is 0 Å². The third kappa shape index (κ3) is 5.26. The normalized spacial score (nSPS) is 14.0. The van der Waals surface area contributed by atoms with Crippen LogP contribution in [0.4, 0.5) is 5.69 Å². The summed E-state index contributed by atoms with van der Waals surface area (Å²) in [6.45, 7) is 4.47. The summed E-state index contributed by atoms with van der Waals surface area (Å²) in [5.74, 6) is -0.0196. The molecule has 0 aliphatic carbocycles. The zero-order valence-electron chi connectivity index (χ0n) is 17.9. The number of rotatable bonds is 8. The van der Waals surface area contributed by atoms with Gasteiger partial charge >= 0.3 is 0 Å². The van der Waals surface area contributed by atoms with Crippen molar-refractivity contribution in [1.29, 1.82) is 0 Å². The summed E-state index contributed by atoms with van der Waals surface area (Å²) in [7, 11) is -2.45. The number of anilines is 1. The number of hydrogen-bond acceptors (Lipinski definition) is 5. The number of aryl methyl sites for hydroxylation is 2. The first-order chi connectivity index (χ1) is 14.7. The summed E-state index contributed by atoms with van der Waals surface area (Å²) in [5.41, 5.74) is 1.65. The molecular weight excluding hydrogens is 420 g/mol. The Hall–Kier alpha value is -2.85. The average Bonchev–Trinajstić information content (AvgIpc) is 3.35. The highest BCUT2D eigenvalue weighted by Crippen LogP contribution is 2.26. The molecule has 9 nitrogen and oxygen atoms in total. The number of amides is 2. The number of ether oxygens (including phenoxy) is 1. The third-order valence-corrected chi connectivity index (χ3v) is 6.82. The number of nitrogens with one attached hydrogen (secondary N) is 3. The van der Waals surface area contributed by atoms with Gasteiger partial charge in [-0.3, -0.25) is 9.59 Å². The molecular formula is C21H28N4O5S. The first-order valence-corrected chi connectivity index (χ1v) is 11.6. The highest BCUT2D eigenvalue weighted by Gasteiger charge is 2.32. The Bertz CT molecular complexity index is 1070. The van der Waals surface area contributed by atoms with Crippen molar-refractivity contribution in [2.45, 2.75) is 38.0 Å². The summed E-state index contributed by atoms with van der Waals surface area (Å²) >= 11 is 0. The Labute approximate surface area is 182 Å². The van der Waals surface area contributed by atoms with E-state index in [9.17, 15) is 18.0 Å². The van der Waals surface area contributed by atoms with Crippen LogP contribution in [0.25, 0.3) is 0 Å². The molecule has 2 amide bonds. The van der Waals surface area contributed by atoms with Crippen LogP contribution < -0.4 is 14.8 Å². The van der Waals surface area contributed by atoms with Crippen molar-refractivity contribution in [1.82, 2.24) is 14.6 Å². The van der Waals surface area contributed by atoms with Crippen molar-refractivity contribution in [3.63, 3.8) is 0 Å². The van der Waals surface area contributed by atoms with Gasteiger partial charge in [0.2, 0.25) is 15.9 Å². The molecule has 0 radical (unpaired) electrons. The predicted octanol–water partition coefficient (Wildman–Crippen LogP) is 2.18. The molecule has 3 N–H and O–H groups in total. The van der Waals surface area contributed by atoms with Crippen LogP contribution in [0.2, 0.25) is 0 Å². The molecule has 3 rings (SSSR count). The van der Waals surface area contributed by atoms with E-state index < -0.39 is 10.0 Å². The molecule has 10 heteroatoms. The lowest BCUT2D eigenvalue weighted by Gasteiger charge is -2.17. The molecule has 1 fully saturated rings. The highest BCUT2D eigenvalue weighted by atomic mass is 32.2. The van der Waals surface area contributed by atoms with Crippen molar-refractivity contribution in [3.8, 4) is 5.75 Å². The van der Waals surface area contributed by atoms with Crippen LogP contribution in [0.5, 0.6) is 5.75 Å². The quantitative estimate of drug-likeness (QED) is 0.572. The van der Waals surface area contributed by atoms with Crippen LogP contribution in [-0.2, 0) is 14.8 Å². The van der Waals surface area contributed by atoms with Gasteiger partial charge in [-0.05, 0) is 38.8 Å². The Kier molecular flexibility index (Phi) is 7.01. The molecule has 1 saturated heterocycles. The molecule has 0 atom stereocenters. The van der Waals surface area contributed by atoms with Gasteiger partial charge in [-0.2, -0.15) is 0 Å². The van der Waals surface area contributed by atoms with Gasteiger partial charge in [0.05, 0.1) is 12.7 Å². The minimum absolute atomic E-state index is 0.0462. The lowest BCUT2D eigenvalue weighted by molar-refractivity contribution is -0.116. The number of benzene rings is 1. The topological polar surface area (TPSA) is 121 Å². The van der Waals surface area contributed by atoms with Gasteiger partial charge in [-0.25, -0.2) is 13.1 Å². The summed E-state index contributed by atoms with van der Waals surface area (Å²) in [5, 5.41) is 2.70. The van der Waals surface area contributed by atoms with E-state index in [2.05, 4.69) is 15.0 Å². The van der Waals surface area contributed by atoms with Gasteiger partial charge in [0.25, 0.3) is 5.91 Å². The number of methoxy groups -OCH3 is 1. The van der Waals surface area contributed by atoms with Crippen molar-refractivity contribution in [3.05, 3.63) is 41.2 Å². The molecule has 1 aromatic carbocycles. The number of aromatic amines is 1. The monoisotopic (exact) mass is 448 g/mol. The summed E-state index contributed by atoms with van der Waals surface area (Å²) in [6.07, 6.45) is 1.77. The Morgan fingerprint density at radius 3 is 2.55 bits per heavy atom. The molecule has 1 aliphatic rings. The zero-order chi connectivity index (χ0) is 22.6. The highest BCUT2D eigenvalue weighted by molar-refractivity contribution is 7.89. The Morgan fingerprint density at radius 1 is 1.16 bits per heavy atom. The van der Waals surface area contributed by atoms with Crippen LogP contribution in [0.3, 0.4) is 0 Å². The zero-order valence-corrected chi connectivity index (χ0v) is 18.8. The van der Waals surface area contributed by atoms with Gasteiger partial charge in [-0.15, -0.1) is 0 Å². The minimum Gasteiger partial charge on any atom is -0.497 e. The van der Waals surface area contributed by atoms with E-state index in [1.165, 1.54) is 7.11 Å². The first kappa shape index (κ1) is 22.8. The van der Waals surface area contributed by atoms with Crippen molar-refractivity contribution >= 4 is 27.5 Å². The molecule has 0 unspecified atom stereocenters. The second-order valence-corrected chi connectivity index (χ2v) is 9.21. The maximum atomic E-state index is 13.0. The van der Waals surface area contributed by atoms with Crippen molar-refractivity contribution < 1.29 is 22.7 Å². The second kappa shape index (κ2) is 9.52. The minimum atomic E-state index is -3.98. The van der Waals surface area contributed by atoms with Gasteiger partial charge in [0.1, 0.15) is 10.6 Å². The summed E-state index contributed by atoms with van der Waals surface area (Å²) < 4.78 is 33.5. The molecule has 0 saturated carbocycles. The van der Waals surface area contributed by atoms with Crippen molar-refractivity contribution in [2.75, 3.05) is 32.1 Å². The SMILES string of the molecule is COc1cccc(NC(=O)CCNS(=O)(=O)c2c(C)[nH]c(C)c2C(=O)N2CCCC2)c1. The third-order valence-electron chi connectivity index (χ3n) is 5.19. The fourth-order valence-electron chi connectivity index (χ4n) is 3.73. The van der Waals surface area contributed by atoms with Crippen LogP contribution in [-0.4, -0.2) is 56.9 Å². The Balaban J connectivity index is 1.67. The number of nitrogens with zero attached hydrogens (tertiary/aromatic N) is 1. The number of likely N-dealkylation sites (tertiary alicyclic amines) is 1. The molecule has 168 valence electrons.